The number of halogens is 6. The molecule has 5 rings (SSSR count). The van der Waals surface area contributed by atoms with E-state index in [2.05, 4.69) is 9.71 Å². The van der Waals surface area contributed by atoms with Crippen LogP contribution in [0.25, 0.3) is 22.2 Å². The number of hydrogen-bond acceptors (Lipinski definition) is 4. The third-order valence-corrected chi connectivity index (χ3v) is 9.01. The van der Waals surface area contributed by atoms with E-state index in [0.717, 1.165) is 5.56 Å². The van der Waals surface area contributed by atoms with Crippen LogP contribution in [0.5, 0.6) is 0 Å². The molecule has 13 heteroatoms. The number of sulfonamides is 1. The third-order valence-electron chi connectivity index (χ3n) is 7.47. The number of likely N-dealkylation sites (tertiary alicyclic amines) is 1. The van der Waals surface area contributed by atoms with Crippen LogP contribution in [0.4, 0.5) is 26.3 Å². The maximum atomic E-state index is 13.3. The van der Waals surface area contributed by atoms with Crippen molar-refractivity contribution >= 4 is 26.8 Å². The van der Waals surface area contributed by atoms with Crippen LogP contribution in [0.2, 0.25) is 0 Å². The minimum atomic E-state index is -4.99. The second-order valence-electron chi connectivity index (χ2n) is 11.0. The lowest BCUT2D eigenvalue weighted by Crippen LogP contribution is -2.38. The Balaban J connectivity index is 1.32. The van der Waals surface area contributed by atoms with E-state index in [0.29, 0.717) is 30.5 Å². The normalized spacial score (nSPS) is 16.2. The Morgan fingerprint density at radius 2 is 1.52 bits per heavy atom. The maximum Gasteiger partial charge on any atom is 0.416 e. The molecule has 44 heavy (non-hydrogen) atoms. The van der Waals surface area contributed by atoms with Gasteiger partial charge in [0.05, 0.1) is 27.2 Å². The highest BCUT2D eigenvalue weighted by Gasteiger charge is 2.37. The van der Waals surface area contributed by atoms with Gasteiger partial charge < -0.3 is 4.90 Å². The molecule has 232 valence electrons. The Morgan fingerprint density at radius 3 is 2.11 bits per heavy atom. The van der Waals surface area contributed by atoms with Crippen molar-refractivity contribution in [2.45, 2.75) is 49.5 Å². The van der Waals surface area contributed by atoms with Crippen LogP contribution in [0.1, 0.15) is 53.2 Å². The molecule has 1 saturated heterocycles. The molecule has 1 aliphatic rings. The largest absolute Gasteiger partial charge is 0.416 e. The first-order valence-electron chi connectivity index (χ1n) is 13.6. The van der Waals surface area contributed by atoms with E-state index in [9.17, 15) is 39.6 Å². The number of amides is 1. The van der Waals surface area contributed by atoms with E-state index in [-0.39, 0.29) is 51.7 Å². The number of rotatable bonds is 6. The summed E-state index contributed by atoms with van der Waals surface area (Å²) < 4.78 is 108. The molecule has 0 aliphatic carbocycles. The lowest BCUT2D eigenvalue weighted by Gasteiger charge is -2.18. The van der Waals surface area contributed by atoms with E-state index < -0.39 is 39.5 Å². The molecule has 0 radical (unpaired) electrons. The van der Waals surface area contributed by atoms with Crippen molar-refractivity contribution in [1.82, 2.24) is 14.6 Å². The predicted molar refractivity (Wildman–Crippen MR) is 152 cm³/mol. The molecular weight excluding hydrogens is 608 g/mol. The molecule has 1 N–H and O–H groups in total. The maximum absolute atomic E-state index is 13.3. The summed E-state index contributed by atoms with van der Waals surface area (Å²) in [4.78, 5) is 19.1. The highest BCUT2D eigenvalue weighted by Crippen LogP contribution is 2.38. The summed E-state index contributed by atoms with van der Waals surface area (Å²) in [6.45, 7) is 4.47. The SMILES string of the molecule is CC(C)c1ccc(S(=O)(=O)NC2CCN(C(=O)c3ccc4nc(-c5cc(C(F)(F)F)cc(C(F)(F)F)c5)ccc4c3)C2)cc1. The molecule has 1 aliphatic heterocycles. The fourth-order valence-corrected chi connectivity index (χ4v) is 6.33. The number of benzene rings is 3. The number of nitrogens with one attached hydrogen (secondary N) is 1. The molecule has 6 nitrogen and oxygen atoms in total. The monoisotopic (exact) mass is 635 g/mol. The van der Waals surface area contributed by atoms with Crippen LogP contribution in [-0.2, 0) is 22.4 Å². The Kier molecular flexibility index (Phi) is 8.23. The second kappa shape index (κ2) is 11.5. The highest BCUT2D eigenvalue weighted by atomic mass is 32.2. The summed E-state index contributed by atoms with van der Waals surface area (Å²) in [7, 11) is -3.80. The quantitative estimate of drug-likeness (QED) is 0.226. The summed E-state index contributed by atoms with van der Waals surface area (Å²) in [5, 5.41) is 0.448. The Labute approximate surface area is 249 Å². The number of pyridine rings is 1. The number of fused-ring (bicyclic) bond motifs is 1. The minimum Gasteiger partial charge on any atom is -0.337 e. The first-order chi connectivity index (χ1) is 20.5. The first-order valence-corrected chi connectivity index (χ1v) is 15.1. The van der Waals surface area contributed by atoms with Crippen LogP contribution in [-0.4, -0.2) is 43.3 Å². The van der Waals surface area contributed by atoms with E-state index in [1.807, 2.05) is 13.8 Å². The van der Waals surface area contributed by atoms with Crippen LogP contribution in [0.15, 0.2) is 77.7 Å². The summed E-state index contributed by atoms with van der Waals surface area (Å²) in [6, 6.07) is 14.6. The number of hydrogen-bond donors (Lipinski definition) is 1. The molecule has 1 aromatic heterocycles. The average molecular weight is 636 g/mol. The Hall–Kier alpha value is -3.97. The van der Waals surface area contributed by atoms with Gasteiger partial charge in [0.2, 0.25) is 10.0 Å². The third kappa shape index (κ3) is 6.73. The van der Waals surface area contributed by atoms with Gasteiger partial charge in [-0.05, 0) is 72.5 Å². The average Bonchev–Trinajstić information content (AvgIpc) is 3.42. The summed E-state index contributed by atoms with van der Waals surface area (Å²) in [6.07, 6.45) is -9.57. The molecule has 1 amide bonds. The molecule has 1 atom stereocenters. The topological polar surface area (TPSA) is 79.4 Å². The molecule has 0 spiro atoms. The summed E-state index contributed by atoms with van der Waals surface area (Å²) in [5.41, 5.74) is -1.79. The zero-order valence-electron chi connectivity index (χ0n) is 23.5. The minimum absolute atomic E-state index is 0.0559. The van der Waals surface area contributed by atoms with Crippen LogP contribution in [0, 0.1) is 0 Å². The number of nitrogens with zero attached hydrogens (tertiary/aromatic N) is 2. The summed E-state index contributed by atoms with van der Waals surface area (Å²) >= 11 is 0. The molecular formula is C31H27F6N3O3S. The predicted octanol–water partition coefficient (Wildman–Crippen LogP) is 7.26. The van der Waals surface area contributed by atoms with Gasteiger partial charge in [0, 0.05) is 35.6 Å². The van der Waals surface area contributed by atoms with Crippen molar-refractivity contribution in [2.75, 3.05) is 13.1 Å². The lowest BCUT2D eigenvalue weighted by atomic mass is 10.0. The van der Waals surface area contributed by atoms with E-state index in [1.54, 1.807) is 24.3 Å². The van der Waals surface area contributed by atoms with Gasteiger partial charge in [-0.25, -0.2) is 18.1 Å². The smallest absolute Gasteiger partial charge is 0.337 e. The number of carbonyl (C=O) groups is 1. The Morgan fingerprint density at radius 1 is 0.886 bits per heavy atom. The standard InChI is InChI=1S/C31H27F6N3O3S/c1-18(2)19-3-7-26(8-4-19)44(42,43)39-25-11-12-40(17-25)29(41)21-6-10-27-20(13-21)5-9-28(38-27)22-14-23(30(32,33)34)16-24(15-22)31(35,36)37/h3-10,13-16,18,25,39H,11-12,17H2,1-2H3. The van der Waals surface area contributed by atoms with Crippen molar-refractivity contribution in [3.8, 4) is 11.3 Å². The van der Waals surface area contributed by atoms with Crippen molar-refractivity contribution in [3.05, 3.63) is 95.1 Å². The first kappa shape index (κ1) is 31.5. The fourth-order valence-electron chi connectivity index (χ4n) is 5.07. The van der Waals surface area contributed by atoms with Gasteiger partial charge >= 0.3 is 12.4 Å². The number of aromatic nitrogens is 1. The molecule has 4 aromatic rings. The van der Waals surface area contributed by atoms with Crippen LogP contribution < -0.4 is 4.72 Å². The molecule has 0 bridgehead atoms. The van der Waals surface area contributed by atoms with Crippen LogP contribution >= 0.6 is 0 Å². The zero-order chi connectivity index (χ0) is 32.0. The van der Waals surface area contributed by atoms with Gasteiger partial charge in [-0.2, -0.15) is 26.3 Å². The van der Waals surface area contributed by atoms with Crippen molar-refractivity contribution in [1.29, 1.82) is 0 Å². The molecule has 0 saturated carbocycles. The lowest BCUT2D eigenvalue weighted by molar-refractivity contribution is -0.143. The van der Waals surface area contributed by atoms with Crippen molar-refractivity contribution in [2.24, 2.45) is 0 Å². The molecule has 3 aromatic carbocycles. The van der Waals surface area contributed by atoms with Gasteiger partial charge in [0.1, 0.15) is 0 Å². The molecule has 1 fully saturated rings. The molecule has 1 unspecified atom stereocenters. The van der Waals surface area contributed by atoms with Crippen molar-refractivity contribution in [3.63, 3.8) is 0 Å². The fraction of sp³-hybridized carbons (Fsp3) is 0.290. The second-order valence-corrected chi connectivity index (χ2v) is 12.7. The van der Waals surface area contributed by atoms with Gasteiger partial charge in [0.25, 0.3) is 5.91 Å². The Bertz CT molecular complexity index is 1790. The van der Waals surface area contributed by atoms with E-state index >= 15 is 0 Å². The van der Waals surface area contributed by atoms with Gasteiger partial charge in [0.15, 0.2) is 0 Å². The van der Waals surface area contributed by atoms with Crippen LogP contribution in [0.3, 0.4) is 0 Å². The summed E-state index contributed by atoms with van der Waals surface area (Å²) in [5.74, 6) is -0.101. The molecule has 2 heterocycles. The number of alkyl halides is 6. The van der Waals surface area contributed by atoms with E-state index in [4.69, 9.17) is 0 Å². The van der Waals surface area contributed by atoms with Gasteiger partial charge in [-0.15, -0.1) is 0 Å². The zero-order valence-corrected chi connectivity index (χ0v) is 24.3. The highest BCUT2D eigenvalue weighted by molar-refractivity contribution is 7.89. The van der Waals surface area contributed by atoms with Gasteiger partial charge in [-0.3, -0.25) is 4.79 Å². The number of carbonyl (C=O) groups excluding carboxylic acids is 1. The van der Waals surface area contributed by atoms with Gasteiger partial charge in [-0.1, -0.05) is 32.0 Å². The van der Waals surface area contributed by atoms with E-state index in [1.165, 1.54) is 35.2 Å². The van der Waals surface area contributed by atoms with Crippen molar-refractivity contribution < 1.29 is 39.6 Å².